The molecule has 1 atom stereocenters. The molecule has 5 heteroatoms. The summed E-state index contributed by atoms with van der Waals surface area (Å²) in [6, 6.07) is 17.5. The monoisotopic (exact) mass is 349 g/mol. The zero-order valence-electron chi connectivity index (χ0n) is 14.3. The number of rotatable bonds is 5. The Bertz CT molecular complexity index is 927. The van der Waals surface area contributed by atoms with E-state index >= 15 is 0 Å². The summed E-state index contributed by atoms with van der Waals surface area (Å²) in [6.45, 7) is 0.968. The second kappa shape index (κ2) is 7.04. The van der Waals surface area contributed by atoms with Gasteiger partial charge in [0.2, 0.25) is 5.91 Å². The lowest BCUT2D eigenvalue weighted by atomic mass is 10.1. The van der Waals surface area contributed by atoms with Gasteiger partial charge in [0.15, 0.2) is 0 Å². The molecule has 1 aliphatic rings. The minimum Gasteiger partial charge on any atom is -0.467 e. The molecule has 1 amide bonds. The summed E-state index contributed by atoms with van der Waals surface area (Å²) in [6.07, 6.45) is 1.76. The van der Waals surface area contributed by atoms with Crippen molar-refractivity contribution in [1.29, 1.82) is 0 Å². The number of nitrogens with zero attached hydrogens (tertiary/aromatic N) is 1. The molecule has 0 radical (unpaired) electrons. The van der Waals surface area contributed by atoms with E-state index < -0.39 is 5.92 Å². The molecule has 26 heavy (non-hydrogen) atoms. The van der Waals surface area contributed by atoms with E-state index in [-0.39, 0.29) is 24.9 Å². The average molecular weight is 349 g/mol. The SMILES string of the molecule is O=C(OCc1cccc2ccccc12)[C@H]1CC(=O)N(Cc2ccco2)C1. The van der Waals surface area contributed by atoms with Crippen molar-refractivity contribution >= 4 is 22.6 Å². The van der Waals surface area contributed by atoms with Crippen LogP contribution in [0.25, 0.3) is 10.8 Å². The fourth-order valence-corrected chi connectivity index (χ4v) is 3.36. The van der Waals surface area contributed by atoms with E-state index in [2.05, 4.69) is 0 Å². The smallest absolute Gasteiger partial charge is 0.311 e. The second-order valence-electron chi connectivity index (χ2n) is 6.50. The molecule has 1 aliphatic heterocycles. The van der Waals surface area contributed by atoms with Crippen LogP contribution < -0.4 is 0 Å². The van der Waals surface area contributed by atoms with Gasteiger partial charge in [0.25, 0.3) is 0 Å². The molecule has 2 aromatic carbocycles. The third kappa shape index (κ3) is 3.33. The first kappa shape index (κ1) is 16.4. The second-order valence-corrected chi connectivity index (χ2v) is 6.50. The van der Waals surface area contributed by atoms with Gasteiger partial charge in [-0.05, 0) is 28.5 Å². The van der Waals surface area contributed by atoms with Crippen molar-refractivity contribution in [3.8, 4) is 0 Å². The van der Waals surface area contributed by atoms with Crippen molar-refractivity contribution in [2.75, 3.05) is 6.54 Å². The number of carbonyl (C=O) groups is 2. The van der Waals surface area contributed by atoms with Crippen molar-refractivity contribution in [3.63, 3.8) is 0 Å². The van der Waals surface area contributed by atoms with E-state index in [1.807, 2.05) is 48.5 Å². The Labute approximate surface area is 151 Å². The molecule has 0 bridgehead atoms. The van der Waals surface area contributed by atoms with Crippen LogP contribution >= 0.6 is 0 Å². The zero-order chi connectivity index (χ0) is 17.9. The number of amides is 1. The maximum atomic E-state index is 12.4. The number of carbonyl (C=O) groups excluding carboxylic acids is 2. The van der Waals surface area contributed by atoms with E-state index in [4.69, 9.17) is 9.15 Å². The molecule has 1 saturated heterocycles. The predicted molar refractivity (Wildman–Crippen MR) is 96.0 cm³/mol. The van der Waals surface area contributed by atoms with Gasteiger partial charge in [0, 0.05) is 13.0 Å². The third-order valence-electron chi connectivity index (χ3n) is 4.72. The summed E-state index contributed by atoms with van der Waals surface area (Å²) in [5.74, 6) is -0.0858. The van der Waals surface area contributed by atoms with E-state index in [0.717, 1.165) is 16.3 Å². The molecule has 0 spiro atoms. The number of fused-ring (bicyclic) bond motifs is 1. The molecule has 0 aliphatic carbocycles. The van der Waals surface area contributed by atoms with Gasteiger partial charge in [-0.2, -0.15) is 0 Å². The summed E-state index contributed by atoms with van der Waals surface area (Å²) < 4.78 is 10.8. The normalized spacial score (nSPS) is 17.0. The van der Waals surface area contributed by atoms with Crippen LogP contribution in [-0.4, -0.2) is 23.3 Å². The highest BCUT2D eigenvalue weighted by Crippen LogP contribution is 2.23. The Morgan fingerprint density at radius 2 is 1.96 bits per heavy atom. The van der Waals surface area contributed by atoms with Crippen molar-refractivity contribution < 1.29 is 18.7 Å². The molecular formula is C21H19NO4. The maximum Gasteiger partial charge on any atom is 0.311 e. The highest BCUT2D eigenvalue weighted by atomic mass is 16.5. The number of hydrogen-bond donors (Lipinski definition) is 0. The number of furan rings is 1. The molecule has 0 N–H and O–H groups in total. The first-order chi connectivity index (χ1) is 12.7. The molecule has 1 aromatic heterocycles. The van der Waals surface area contributed by atoms with Gasteiger partial charge in [-0.15, -0.1) is 0 Å². The topological polar surface area (TPSA) is 59.8 Å². The number of hydrogen-bond acceptors (Lipinski definition) is 4. The van der Waals surface area contributed by atoms with Crippen LogP contribution in [0.3, 0.4) is 0 Å². The first-order valence-electron chi connectivity index (χ1n) is 8.64. The summed E-state index contributed by atoms with van der Waals surface area (Å²) in [4.78, 5) is 26.2. The van der Waals surface area contributed by atoms with Crippen molar-refractivity contribution in [3.05, 3.63) is 72.2 Å². The quantitative estimate of drug-likeness (QED) is 0.661. The van der Waals surface area contributed by atoms with Crippen LogP contribution in [0.15, 0.2) is 65.3 Å². The van der Waals surface area contributed by atoms with Gasteiger partial charge in [-0.1, -0.05) is 42.5 Å². The Balaban J connectivity index is 1.38. The molecule has 0 unspecified atom stereocenters. The fourth-order valence-electron chi connectivity index (χ4n) is 3.36. The van der Waals surface area contributed by atoms with Gasteiger partial charge in [-0.25, -0.2) is 0 Å². The molecule has 2 heterocycles. The van der Waals surface area contributed by atoms with Gasteiger partial charge in [-0.3, -0.25) is 9.59 Å². The molecule has 1 fully saturated rings. The minimum absolute atomic E-state index is 0.0477. The Morgan fingerprint density at radius 1 is 1.12 bits per heavy atom. The van der Waals surface area contributed by atoms with Crippen LogP contribution in [0.5, 0.6) is 0 Å². The van der Waals surface area contributed by atoms with E-state index in [1.165, 1.54) is 0 Å². The van der Waals surface area contributed by atoms with Crippen molar-refractivity contribution in [2.45, 2.75) is 19.6 Å². The number of ether oxygens (including phenoxy) is 1. The largest absolute Gasteiger partial charge is 0.467 e. The predicted octanol–water partition coefficient (Wildman–Crippen LogP) is 3.52. The van der Waals surface area contributed by atoms with E-state index in [1.54, 1.807) is 17.2 Å². The molecule has 0 saturated carbocycles. The number of likely N-dealkylation sites (tertiary alicyclic amines) is 1. The Kier molecular flexibility index (Phi) is 4.44. The van der Waals surface area contributed by atoms with Crippen LogP contribution in [0.1, 0.15) is 17.7 Å². The highest BCUT2D eigenvalue weighted by Gasteiger charge is 2.35. The van der Waals surface area contributed by atoms with Crippen LogP contribution in [0.2, 0.25) is 0 Å². The molecule has 4 rings (SSSR count). The maximum absolute atomic E-state index is 12.4. The number of esters is 1. The fraction of sp³-hybridized carbons (Fsp3) is 0.238. The summed E-state index contributed by atoms with van der Waals surface area (Å²) in [5.41, 5.74) is 0.966. The third-order valence-corrected chi connectivity index (χ3v) is 4.72. The zero-order valence-corrected chi connectivity index (χ0v) is 14.3. The van der Waals surface area contributed by atoms with Crippen LogP contribution in [0, 0.1) is 5.92 Å². The molecule has 132 valence electrons. The van der Waals surface area contributed by atoms with Gasteiger partial charge >= 0.3 is 5.97 Å². The number of benzene rings is 2. The summed E-state index contributed by atoms with van der Waals surface area (Å²) >= 11 is 0. The van der Waals surface area contributed by atoms with Crippen LogP contribution in [0.4, 0.5) is 0 Å². The van der Waals surface area contributed by atoms with Crippen molar-refractivity contribution in [1.82, 2.24) is 4.90 Å². The first-order valence-corrected chi connectivity index (χ1v) is 8.64. The Morgan fingerprint density at radius 3 is 2.81 bits per heavy atom. The lowest BCUT2D eigenvalue weighted by Crippen LogP contribution is -2.26. The Hall–Kier alpha value is -3.08. The summed E-state index contributed by atoms with van der Waals surface area (Å²) in [5, 5.41) is 2.19. The highest BCUT2D eigenvalue weighted by molar-refractivity contribution is 5.87. The lowest BCUT2D eigenvalue weighted by molar-refractivity contribution is -0.149. The lowest BCUT2D eigenvalue weighted by Gasteiger charge is -2.15. The van der Waals surface area contributed by atoms with E-state index in [9.17, 15) is 9.59 Å². The van der Waals surface area contributed by atoms with Gasteiger partial charge in [0.05, 0.1) is 18.7 Å². The van der Waals surface area contributed by atoms with Crippen LogP contribution in [-0.2, 0) is 27.5 Å². The molecule has 3 aromatic rings. The molecule has 5 nitrogen and oxygen atoms in total. The van der Waals surface area contributed by atoms with Gasteiger partial charge < -0.3 is 14.1 Å². The summed E-state index contributed by atoms with van der Waals surface area (Å²) in [7, 11) is 0. The van der Waals surface area contributed by atoms with Crippen molar-refractivity contribution in [2.24, 2.45) is 5.92 Å². The van der Waals surface area contributed by atoms with Gasteiger partial charge in [0.1, 0.15) is 12.4 Å². The van der Waals surface area contributed by atoms with E-state index in [0.29, 0.717) is 18.8 Å². The average Bonchev–Trinajstić information content (AvgIpc) is 3.30. The minimum atomic E-state index is -0.424. The molecular weight excluding hydrogens is 330 g/mol. The standard InChI is InChI=1S/C21H19NO4/c23-20-11-17(12-22(20)13-18-8-4-10-25-18)21(24)26-14-16-7-3-6-15-5-1-2-9-19(15)16/h1-10,17H,11-14H2/t17-/m0/s1.